The van der Waals surface area contributed by atoms with Gasteiger partial charge in [-0.05, 0) is 26.0 Å². The molecule has 1 rings (SSSR count). The molecule has 3 nitrogen and oxygen atoms in total. The minimum absolute atomic E-state index is 0.0295. The van der Waals surface area contributed by atoms with Crippen molar-refractivity contribution in [3.8, 4) is 0 Å². The largest absolute Gasteiger partial charge is 0.507 e. The molecule has 1 heterocycles. The molecule has 13 heavy (non-hydrogen) atoms. The number of hydrogen-bond acceptors (Lipinski definition) is 3. The first-order chi connectivity index (χ1) is 6.11. The van der Waals surface area contributed by atoms with Crippen LogP contribution in [0.15, 0.2) is 24.4 Å². The van der Waals surface area contributed by atoms with Crippen molar-refractivity contribution in [1.82, 2.24) is 4.98 Å². The normalized spacial score (nSPS) is 11.4. The number of carbonyl (C=O) groups excluding carboxylic acids is 1. The Bertz CT molecular complexity index is 356. The summed E-state index contributed by atoms with van der Waals surface area (Å²) >= 11 is 0. The van der Waals surface area contributed by atoms with Crippen molar-refractivity contribution >= 4 is 11.5 Å². The van der Waals surface area contributed by atoms with Crippen LogP contribution in [0.4, 0.5) is 0 Å². The van der Waals surface area contributed by atoms with Crippen molar-refractivity contribution in [2.45, 2.75) is 13.8 Å². The fourth-order valence-corrected chi connectivity index (χ4v) is 1.03. The molecule has 0 aliphatic rings. The summed E-state index contributed by atoms with van der Waals surface area (Å²) in [7, 11) is 0. The molecule has 0 atom stereocenters. The molecule has 0 saturated carbocycles. The molecule has 1 aromatic rings. The SMILES string of the molecule is CC(=O)C=C(O)c1cccnc1C. The first-order valence-corrected chi connectivity index (χ1v) is 3.94. The Morgan fingerprint density at radius 1 is 1.62 bits per heavy atom. The van der Waals surface area contributed by atoms with E-state index in [9.17, 15) is 9.90 Å². The van der Waals surface area contributed by atoms with Crippen molar-refractivity contribution in [2.24, 2.45) is 0 Å². The van der Waals surface area contributed by atoms with Gasteiger partial charge in [0.15, 0.2) is 5.78 Å². The number of hydrogen-bond donors (Lipinski definition) is 1. The second-order valence-electron chi connectivity index (χ2n) is 2.78. The first-order valence-electron chi connectivity index (χ1n) is 3.94. The number of nitrogens with zero attached hydrogens (tertiary/aromatic N) is 1. The number of allylic oxidation sites excluding steroid dienone is 1. The smallest absolute Gasteiger partial charge is 0.156 e. The lowest BCUT2D eigenvalue weighted by Crippen LogP contribution is -1.93. The summed E-state index contributed by atoms with van der Waals surface area (Å²) < 4.78 is 0. The van der Waals surface area contributed by atoms with Crippen LogP contribution in [0.1, 0.15) is 18.2 Å². The Balaban J connectivity index is 3.08. The zero-order chi connectivity index (χ0) is 9.84. The van der Waals surface area contributed by atoms with Crippen LogP contribution in [-0.2, 0) is 4.79 Å². The molecular weight excluding hydrogens is 166 g/mol. The molecule has 0 aliphatic carbocycles. The van der Waals surface area contributed by atoms with E-state index in [2.05, 4.69) is 4.98 Å². The lowest BCUT2D eigenvalue weighted by Gasteiger charge is -2.01. The summed E-state index contributed by atoms with van der Waals surface area (Å²) in [5, 5.41) is 9.47. The fraction of sp³-hybridized carbons (Fsp3) is 0.200. The lowest BCUT2D eigenvalue weighted by atomic mass is 10.1. The van der Waals surface area contributed by atoms with E-state index in [-0.39, 0.29) is 11.5 Å². The second-order valence-corrected chi connectivity index (χ2v) is 2.78. The van der Waals surface area contributed by atoms with E-state index in [0.717, 1.165) is 0 Å². The monoisotopic (exact) mass is 177 g/mol. The quantitative estimate of drug-likeness (QED) is 0.554. The van der Waals surface area contributed by atoms with Crippen LogP contribution in [0, 0.1) is 6.92 Å². The van der Waals surface area contributed by atoms with Crippen LogP contribution in [0.25, 0.3) is 5.76 Å². The molecule has 1 N–H and O–H groups in total. The van der Waals surface area contributed by atoms with Gasteiger partial charge in [0.1, 0.15) is 5.76 Å². The number of aliphatic hydroxyl groups excluding tert-OH is 1. The standard InChI is InChI=1S/C10H11NO2/c1-7(12)6-10(13)9-4-3-5-11-8(9)2/h3-6,13H,1-2H3. The van der Waals surface area contributed by atoms with Crippen molar-refractivity contribution in [3.63, 3.8) is 0 Å². The Morgan fingerprint density at radius 3 is 2.85 bits per heavy atom. The molecule has 0 unspecified atom stereocenters. The van der Waals surface area contributed by atoms with Gasteiger partial charge in [0, 0.05) is 23.5 Å². The fourth-order valence-electron chi connectivity index (χ4n) is 1.03. The molecule has 0 aliphatic heterocycles. The molecule has 0 spiro atoms. The molecule has 3 heteroatoms. The zero-order valence-electron chi connectivity index (χ0n) is 7.61. The summed E-state index contributed by atoms with van der Waals surface area (Å²) in [5.74, 6) is -0.209. The summed E-state index contributed by atoms with van der Waals surface area (Å²) in [5.41, 5.74) is 1.30. The van der Waals surface area contributed by atoms with Gasteiger partial charge in [-0.1, -0.05) is 0 Å². The van der Waals surface area contributed by atoms with E-state index < -0.39 is 0 Å². The van der Waals surface area contributed by atoms with Crippen molar-refractivity contribution in [3.05, 3.63) is 35.7 Å². The number of aromatic nitrogens is 1. The van der Waals surface area contributed by atoms with Crippen LogP contribution in [0.3, 0.4) is 0 Å². The Hall–Kier alpha value is -1.64. The van der Waals surface area contributed by atoms with E-state index >= 15 is 0 Å². The summed E-state index contributed by atoms with van der Waals surface area (Å²) in [6, 6.07) is 3.43. The lowest BCUT2D eigenvalue weighted by molar-refractivity contribution is -0.112. The third-order valence-corrected chi connectivity index (χ3v) is 1.62. The number of carbonyl (C=O) groups is 1. The van der Waals surface area contributed by atoms with E-state index in [1.165, 1.54) is 13.0 Å². The number of aryl methyl sites for hydroxylation is 1. The van der Waals surface area contributed by atoms with Gasteiger partial charge in [-0.15, -0.1) is 0 Å². The van der Waals surface area contributed by atoms with E-state index in [1.807, 2.05) is 0 Å². The number of rotatable bonds is 2. The predicted molar refractivity (Wildman–Crippen MR) is 50.3 cm³/mol. The van der Waals surface area contributed by atoms with Gasteiger partial charge >= 0.3 is 0 Å². The molecule has 0 amide bonds. The van der Waals surface area contributed by atoms with E-state index in [0.29, 0.717) is 11.3 Å². The third kappa shape index (κ3) is 2.40. The Kier molecular flexibility index (Phi) is 2.80. The summed E-state index contributed by atoms with van der Waals surface area (Å²) in [6.45, 7) is 3.17. The van der Waals surface area contributed by atoms with Crippen LogP contribution in [-0.4, -0.2) is 15.9 Å². The van der Waals surface area contributed by atoms with Gasteiger partial charge in [-0.2, -0.15) is 0 Å². The number of pyridine rings is 1. The molecule has 0 radical (unpaired) electrons. The average molecular weight is 177 g/mol. The Labute approximate surface area is 76.7 Å². The highest BCUT2D eigenvalue weighted by Gasteiger charge is 2.03. The van der Waals surface area contributed by atoms with Gasteiger partial charge in [0.05, 0.1) is 0 Å². The number of ketones is 1. The molecule has 0 fully saturated rings. The Morgan fingerprint density at radius 2 is 2.31 bits per heavy atom. The summed E-state index contributed by atoms with van der Waals surface area (Å²) in [4.78, 5) is 14.7. The first kappa shape index (κ1) is 9.45. The summed E-state index contributed by atoms with van der Waals surface area (Å²) in [6.07, 6.45) is 2.82. The molecular formula is C10H11NO2. The van der Waals surface area contributed by atoms with Gasteiger partial charge in [0.2, 0.25) is 0 Å². The third-order valence-electron chi connectivity index (χ3n) is 1.62. The molecule has 68 valence electrons. The van der Waals surface area contributed by atoms with Crippen LogP contribution < -0.4 is 0 Å². The van der Waals surface area contributed by atoms with Crippen LogP contribution >= 0.6 is 0 Å². The highest BCUT2D eigenvalue weighted by molar-refractivity contribution is 5.93. The molecule has 0 bridgehead atoms. The molecule has 0 aromatic carbocycles. The average Bonchev–Trinajstić information content (AvgIpc) is 2.03. The maximum atomic E-state index is 10.7. The van der Waals surface area contributed by atoms with E-state index in [1.54, 1.807) is 25.3 Å². The zero-order valence-corrected chi connectivity index (χ0v) is 7.61. The molecule has 0 saturated heterocycles. The highest BCUT2D eigenvalue weighted by Crippen LogP contribution is 2.13. The van der Waals surface area contributed by atoms with Crippen LogP contribution in [0.2, 0.25) is 0 Å². The highest BCUT2D eigenvalue weighted by atomic mass is 16.3. The van der Waals surface area contributed by atoms with E-state index in [4.69, 9.17) is 0 Å². The topological polar surface area (TPSA) is 50.2 Å². The maximum Gasteiger partial charge on any atom is 0.156 e. The molecule has 1 aromatic heterocycles. The van der Waals surface area contributed by atoms with Gasteiger partial charge in [-0.3, -0.25) is 9.78 Å². The van der Waals surface area contributed by atoms with Crippen molar-refractivity contribution in [1.29, 1.82) is 0 Å². The van der Waals surface area contributed by atoms with Crippen LogP contribution in [0.5, 0.6) is 0 Å². The van der Waals surface area contributed by atoms with Crippen molar-refractivity contribution < 1.29 is 9.90 Å². The number of aliphatic hydroxyl groups is 1. The second kappa shape index (κ2) is 3.85. The van der Waals surface area contributed by atoms with Gasteiger partial charge in [-0.25, -0.2) is 0 Å². The van der Waals surface area contributed by atoms with Gasteiger partial charge < -0.3 is 5.11 Å². The minimum atomic E-state index is -0.180. The minimum Gasteiger partial charge on any atom is -0.507 e. The van der Waals surface area contributed by atoms with Gasteiger partial charge in [0.25, 0.3) is 0 Å². The maximum absolute atomic E-state index is 10.7. The predicted octanol–water partition coefficient (Wildman–Crippen LogP) is 1.88. The van der Waals surface area contributed by atoms with Crippen molar-refractivity contribution in [2.75, 3.05) is 0 Å².